The van der Waals surface area contributed by atoms with E-state index in [1.807, 2.05) is 18.7 Å². The Kier molecular flexibility index (Phi) is 5.84. The molecule has 0 amide bonds. The van der Waals surface area contributed by atoms with Crippen LogP contribution in [0.2, 0.25) is 5.02 Å². The van der Waals surface area contributed by atoms with Gasteiger partial charge in [-0.2, -0.15) is 5.10 Å². The fraction of sp³-hybridized carbons (Fsp3) is 0.786. The third-order valence-electron chi connectivity index (χ3n) is 3.98. The minimum Gasteiger partial charge on any atom is -0.383 e. The molecule has 20 heavy (non-hydrogen) atoms. The zero-order chi connectivity index (χ0) is 14.5. The van der Waals surface area contributed by atoms with Gasteiger partial charge in [-0.05, 0) is 26.3 Å². The van der Waals surface area contributed by atoms with E-state index >= 15 is 0 Å². The number of methoxy groups -OCH3 is 1. The number of nitrogens with one attached hydrogen (secondary N) is 1. The van der Waals surface area contributed by atoms with Crippen LogP contribution in [-0.2, 0) is 18.3 Å². The normalized spacial score (nSPS) is 19.9. The standard InChI is InChI=1S/C14H25ClN4O/c1-11-14(15)13(18(2)17-11)10-19-7-4-5-12(19)9-16-6-8-20-3/h12,16H,4-10H2,1-3H3. The molecule has 1 aromatic rings. The van der Waals surface area contributed by atoms with E-state index < -0.39 is 0 Å². The summed E-state index contributed by atoms with van der Waals surface area (Å²) in [7, 11) is 3.70. The zero-order valence-corrected chi connectivity index (χ0v) is 13.4. The number of aromatic nitrogens is 2. The van der Waals surface area contributed by atoms with Crippen LogP contribution in [0.15, 0.2) is 0 Å². The van der Waals surface area contributed by atoms with E-state index in [9.17, 15) is 0 Å². The maximum absolute atomic E-state index is 6.34. The lowest BCUT2D eigenvalue weighted by Crippen LogP contribution is -2.38. The largest absolute Gasteiger partial charge is 0.383 e. The molecule has 1 fully saturated rings. The minimum absolute atomic E-state index is 0.582. The SMILES string of the molecule is COCCNCC1CCCN1Cc1c(Cl)c(C)nn1C. The number of rotatable bonds is 7. The Morgan fingerprint density at radius 2 is 2.30 bits per heavy atom. The second-order valence-corrected chi connectivity index (χ2v) is 5.81. The summed E-state index contributed by atoms with van der Waals surface area (Å²) in [4.78, 5) is 2.50. The summed E-state index contributed by atoms with van der Waals surface area (Å²) < 4.78 is 6.97. The van der Waals surface area contributed by atoms with Crippen molar-refractivity contribution in [2.45, 2.75) is 32.4 Å². The lowest BCUT2D eigenvalue weighted by atomic mass is 10.2. The first kappa shape index (κ1) is 15.8. The summed E-state index contributed by atoms with van der Waals surface area (Å²) >= 11 is 6.34. The highest BCUT2D eigenvalue weighted by atomic mass is 35.5. The summed E-state index contributed by atoms with van der Waals surface area (Å²) in [6, 6.07) is 0.582. The number of halogens is 1. The van der Waals surface area contributed by atoms with E-state index in [4.69, 9.17) is 16.3 Å². The molecule has 1 aliphatic rings. The van der Waals surface area contributed by atoms with Crippen LogP contribution in [0.25, 0.3) is 0 Å². The minimum atomic E-state index is 0.582. The van der Waals surface area contributed by atoms with Crippen molar-refractivity contribution in [2.75, 3.05) is 33.4 Å². The van der Waals surface area contributed by atoms with Crippen LogP contribution < -0.4 is 5.32 Å². The molecule has 6 heteroatoms. The number of hydrogen-bond acceptors (Lipinski definition) is 4. The molecule has 0 bridgehead atoms. The molecule has 0 spiro atoms. The van der Waals surface area contributed by atoms with Crippen LogP contribution >= 0.6 is 11.6 Å². The van der Waals surface area contributed by atoms with Gasteiger partial charge in [-0.1, -0.05) is 11.6 Å². The molecule has 1 unspecified atom stereocenters. The average Bonchev–Trinajstić information content (AvgIpc) is 2.95. The molecule has 0 saturated carbocycles. The third kappa shape index (κ3) is 3.73. The maximum atomic E-state index is 6.34. The second-order valence-electron chi connectivity index (χ2n) is 5.43. The highest BCUT2D eigenvalue weighted by Crippen LogP contribution is 2.25. The van der Waals surface area contributed by atoms with Gasteiger partial charge in [-0.25, -0.2) is 0 Å². The van der Waals surface area contributed by atoms with Crippen molar-refractivity contribution in [1.82, 2.24) is 20.0 Å². The van der Waals surface area contributed by atoms with Crippen LogP contribution in [0.5, 0.6) is 0 Å². The van der Waals surface area contributed by atoms with Crippen molar-refractivity contribution in [3.63, 3.8) is 0 Å². The summed E-state index contributed by atoms with van der Waals surface area (Å²) in [5.41, 5.74) is 2.03. The van der Waals surface area contributed by atoms with Gasteiger partial charge < -0.3 is 10.1 Å². The number of aryl methyl sites for hydroxylation is 2. The van der Waals surface area contributed by atoms with Crippen LogP contribution in [0.1, 0.15) is 24.2 Å². The smallest absolute Gasteiger partial charge is 0.0860 e. The highest BCUT2D eigenvalue weighted by molar-refractivity contribution is 6.31. The molecule has 1 N–H and O–H groups in total. The van der Waals surface area contributed by atoms with E-state index in [1.54, 1.807) is 7.11 Å². The van der Waals surface area contributed by atoms with Gasteiger partial charge in [0.2, 0.25) is 0 Å². The summed E-state index contributed by atoms with van der Waals surface area (Å²) in [5, 5.41) is 8.66. The molecule has 0 radical (unpaired) electrons. The molecule has 0 aromatic carbocycles. The van der Waals surface area contributed by atoms with E-state index in [0.29, 0.717) is 6.04 Å². The Hall–Kier alpha value is -0.620. The predicted octanol–water partition coefficient (Wildman–Crippen LogP) is 1.58. The van der Waals surface area contributed by atoms with E-state index in [0.717, 1.165) is 49.2 Å². The van der Waals surface area contributed by atoms with Crippen molar-refractivity contribution >= 4 is 11.6 Å². The first-order valence-electron chi connectivity index (χ1n) is 7.25. The Bertz CT molecular complexity index is 435. The molecule has 1 atom stereocenters. The van der Waals surface area contributed by atoms with Crippen molar-refractivity contribution < 1.29 is 4.74 Å². The van der Waals surface area contributed by atoms with Gasteiger partial charge in [0.05, 0.1) is 23.0 Å². The zero-order valence-electron chi connectivity index (χ0n) is 12.7. The van der Waals surface area contributed by atoms with E-state index in [2.05, 4.69) is 15.3 Å². The van der Waals surface area contributed by atoms with Gasteiger partial charge in [-0.15, -0.1) is 0 Å². The Balaban J connectivity index is 1.90. The quantitative estimate of drug-likeness (QED) is 0.777. The summed E-state index contributed by atoms with van der Waals surface area (Å²) in [6.45, 7) is 6.66. The first-order chi connectivity index (χ1) is 9.63. The molecular weight excluding hydrogens is 276 g/mol. The monoisotopic (exact) mass is 300 g/mol. The Morgan fingerprint density at radius 3 is 2.95 bits per heavy atom. The van der Waals surface area contributed by atoms with Gasteiger partial charge in [0, 0.05) is 39.8 Å². The summed E-state index contributed by atoms with van der Waals surface area (Å²) in [5.74, 6) is 0. The van der Waals surface area contributed by atoms with Gasteiger partial charge in [0.15, 0.2) is 0 Å². The number of likely N-dealkylation sites (tertiary alicyclic amines) is 1. The molecule has 1 aliphatic heterocycles. The fourth-order valence-electron chi connectivity index (χ4n) is 2.82. The molecule has 114 valence electrons. The van der Waals surface area contributed by atoms with Gasteiger partial charge in [0.25, 0.3) is 0 Å². The third-order valence-corrected chi connectivity index (χ3v) is 4.47. The lowest BCUT2D eigenvalue weighted by Gasteiger charge is -2.25. The molecule has 1 aromatic heterocycles. The second kappa shape index (κ2) is 7.41. The predicted molar refractivity (Wildman–Crippen MR) is 81.1 cm³/mol. The number of hydrogen-bond donors (Lipinski definition) is 1. The van der Waals surface area contributed by atoms with Gasteiger partial charge in [-0.3, -0.25) is 9.58 Å². The molecule has 2 heterocycles. The average molecular weight is 301 g/mol. The van der Waals surface area contributed by atoms with Crippen molar-refractivity contribution in [1.29, 1.82) is 0 Å². The lowest BCUT2D eigenvalue weighted by molar-refractivity contribution is 0.190. The van der Waals surface area contributed by atoms with Crippen molar-refractivity contribution in [2.24, 2.45) is 7.05 Å². The van der Waals surface area contributed by atoms with Crippen molar-refractivity contribution in [3.05, 3.63) is 16.4 Å². The Morgan fingerprint density at radius 1 is 1.50 bits per heavy atom. The Labute approximate surface area is 126 Å². The molecule has 0 aliphatic carbocycles. The fourth-order valence-corrected chi connectivity index (χ4v) is 3.04. The molecular formula is C14H25ClN4O. The molecule has 5 nitrogen and oxygen atoms in total. The van der Waals surface area contributed by atoms with Crippen LogP contribution in [0.4, 0.5) is 0 Å². The number of ether oxygens (including phenoxy) is 1. The van der Waals surface area contributed by atoms with Crippen LogP contribution in [-0.4, -0.2) is 54.1 Å². The van der Waals surface area contributed by atoms with Crippen LogP contribution in [0, 0.1) is 6.92 Å². The molecule has 2 rings (SSSR count). The highest BCUT2D eigenvalue weighted by Gasteiger charge is 2.26. The molecule has 1 saturated heterocycles. The number of nitrogens with zero attached hydrogens (tertiary/aromatic N) is 3. The van der Waals surface area contributed by atoms with Gasteiger partial charge >= 0.3 is 0 Å². The van der Waals surface area contributed by atoms with E-state index in [-0.39, 0.29) is 0 Å². The van der Waals surface area contributed by atoms with E-state index in [1.165, 1.54) is 12.8 Å². The maximum Gasteiger partial charge on any atom is 0.0860 e. The first-order valence-corrected chi connectivity index (χ1v) is 7.63. The topological polar surface area (TPSA) is 42.3 Å². The van der Waals surface area contributed by atoms with Crippen LogP contribution in [0.3, 0.4) is 0 Å². The van der Waals surface area contributed by atoms with Crippen molar-refractivity contribution in [3.8, 4) is 0 Å². The van der Waals surface area contributed by atoms with Gasteiger partial charge in [0.1, 0.15) is 0 Å². The summed E-state index contributed by atoms with van der Waals surface area (Å²) in [6.07, 6.45) is 2.50.